The lowest BCUT2D eigenvalue weighted by Gasteiger charge is -2.15. The van der Waals surface area contributed by atoms with Crippen LogP contribution in [0.1, 0.15) is 12.5 Å². The molecule has 0 aliphatic carbocycles. The number of nitrogens with zero attached hydrogens (tertiary/aromatic N) is 1. The van der Waals surface area contributed by atoms with E-state index in [0.717, 1.165) is 0 Å². The maximum atomic E-state index is 13.1. The predicted octanol–water partition coefficient (Wildman–Crippen LogP) is 6.82. The lowest BCUT2D eigenvalue weighted by atomic mass is 10.1. The third-order valence-electron chi connectivity index (χ3n) is 4.91. The van der Waals surface area contributed by atoms with Crippen LogP contribution in [0.2, 0.25) is 10.0 Å². The maximum absolute atomic E-state index is 13.1. The van der Waals surface area contributed by atoms with Crippen molar-refractivity contribution in [3.05, 3.63) is 87.2 Å². The highest BCUT2D eigenvalue weighted by atomic mass is 35.5. The normalized spacial score (nSPS) is 14.3. The number of halogens is 2. The van der Waals surface area contributed by atoms with Gasteiger partial charge in [-0.15, -0.1) is 0 Å². The van der Waals surface area contributed by atoms with Crippen LogP contribution in [-0.4, -0.2) is 29.3 Å². The van der Waals surface area contributed by atoms with E-state index in [9.17, 15) is 9.59 Å². The fourth-order valence-corrected chi connectivity index (χ4v) is 5.06. The van der Waals surface area contributed by atoms with E-state index in [2.05, 4.69) is 5.32 Å². The topological polar surface area (TPSA) is 67.9 Å². The summed E-state index contributed by atoms with van der Waals surface area (Å²) in [5.41, 5.74) is 1.92. The average molecular weight is 559 g/mol. The summed E-state index contributed by atoms with van der Waals surface area (Å²) >= 11 is 19.1. The Morgan fingerprint density at radius 2 is 1.81 bits per heavy atom. The van der Waals surface area contributed by atoms with Crippen LogP contribution >= 0.6 is 47.2 Å². The minimum atomic E-state index is -0.338. The Morgan fingerprint density at radius 1 is 1.08 bits per heavy atom. The van der Waals surface area contributed by atoms with E-state index in [1.807, 2.05) is 25.1 Å². The van der Waals surface area contributed by atoms with Crippen molar-refractivity contribution in [3.63, 3.8) is 0 Å². The first-order valence-corrected chi connectivity index (χ1v) is 12.8. The zero-order chi connectivity index (χ0) is 25.7. The number of amides is 2. The van der Waals surface area contributed by atoms with Crippen molar-refractivity contribution in [2.24, 2.45) is 0 Å². The molecule has 0 saturated carbocycles. The van der Waals surface area contributed by atoms with Crippen molar-refractivity contribution in [1.29, 1.82) is 0 Å². The fourth-order valence-electron chi connectivity index (χ4n) is 3.36. The first-order chi connectivity index (χ1) is 17.4. The van der Waals surface area contributed by atoms with Crippen molar-refractivity contribution < 1.29 is 19.1 Å². The molecule has 1 heterocycles. The Balaban J connectivity index is 1.53. The molecule has 4 rings (SSSR count). The number of hydrogen-bond acceptors (Lipinski definition) is 6. The molecule has 1 aliphatic rings. The molecule has 3 aromatic rings. The van der Waals surface area contributed by atoms with E-state index in [-0.39, 0.29) is 29.2 Å². The van der Waals surface area contributed by atoms with E-state index in [4.69, 9.17) is 44.9 Å². The van der Waals surface area contributed by atoms with Gasteiger partial charge in [0.05, 0.1) is 22.2 Å². The van der Waals surface area contributed by atoms with Gasteiger partial charge in [-0.25, -0.2) is 0 Å². The van der Waals surface area contributed by atoms with Gasteiger partial charge < -0.3 is 14.8 Å². The van der Waals surface area contributed by atoms with E-state index in [0.29, 0.717) is 43.5 Å². The third kappa shape index (κ3) is 6.20. The van der Waals surface area contributed by atoms with Crippen LogP contribution in [-0.2, 0) is 9.59 Å². The molecular formula is C26H20Cl2N2O4S2. The van der Waals surface area contributed by atoms with Gasteiger partial charge in [-0.3, -0.25) is 14.5 Å². The lowest BCUT2D eigenvalue weighted by Crippen LogP contribution is -2.27. The smallest absolute Gasteiger partial charge is 0.270 e. The number of nitrogens with one attached hydrogen (secondary N) is 1. The molecule has 3 aromatic carbocycles. The van der Waals surface area contributed by atoms with Gasteiger partial charge in [-0.2, -0.15) is 0 Å². The molecule has 10 heteroatoms. The largest absolute Gasteiger partial charge is 0.490 e. The molecule has 0 aromatic heterocycles. The summed E-state index contributed by atoms with van der Waals surface area (Å²) in [6.07, 6.45) is 1.69. The second-order valence-corrected chi connectivity index (χ2v) is 9.98. The Bertz CT molecular complexity index is 1330. The zero-order valence-electron chi connectivity index (χ0n) is 19.0. The Hall–Kier alpha value is -3.04. The van der Waals surface area contributed by atoms with E-state index < -0.39 is 0 Å². The van der Waals surface area contributed by atoms with Crippen molar-refractivity contribution in [2.75, 3.05) is 23.4 Å². The Labute approximate surface area is 228 Å². The molecule has 0 atom stereocenters. The summed E-state index contributed by atoms with van der Waals surface area (Å²) in [6, 6.07) is 19.3. The number of carbonyl (C=O) groups excluding carboxylic acids is 2. The standard InChI is InChI=1S/C26H20Cl2N2O4S2/c1-2-33-21-13-16(12-20(28)24(21)34-15-23(31)29-18-6-4-3-5-7-18)14-22-25(32)30(26(35)36-22)19-10-8-17(27)9-11-19/h3-14H,2,15H2,1H3,(H,29,31)/b22-14-. The molecule has 184 valence electrons. The van der Waals surface area contributed by atoms with Crippen molar-refractivity contribution in [2.45, 2.75) is 6.92 Å². The molecule has 0 unspecified atom stereocenters. The van der Waals surface area contributed by atoms with Gasteiger partial charge in [-0.1, -0.05) is 65.4 Å². The Kier molecular flexibility index (Phi) is 8.53. The lowest BCUT2D eigenvalue weighted by molar-refractivity contribution is -0.118. The van der Waals surface area contributed by atoms with Crippen LogP contribution in [0.15, 0.2) is 71.6 Å². The Morgan fingerprint density at radius 3 is 2.50 bits per heavy atom. The minimum Gasteiger partial charge on any atom is -0.490 e. The summed E-state index contributed by atoms with van der Waals surface area (Å²) in [4.78, 5) is 27.3. The van der Waals surface area contributed by atoms with Gasteiger partial charge in [0, 0.05) is 10.7 Å². The summed E-state index contributed by atoms with van der Waals surface area (Å²) in [5, 5.41) is 3.56. The van der Waals surface area contributed by atoms with Gasteiger partial charge >= 0.3 is 0 Å². The zero-order valence-corrected chi connectivity index (χ0v) is 22.1. The summed E-state index contributed by atoms with van der Waals surface area (Å²) in [6.45, 7) is 1.92. The molecule has 36 heavy (non-hydrogen) atoms. The maximum Gasteiger partial charge on any atom is 0.270 e. The highest BCUT2D eigenvalue weighted by molar-refractivity contribution is 8.27. The van der Waals surface area contributed by atoms with Crippen LogP contribution < -0.4 is 19.7 Å². The molecule has 0 spiro atoms. The van der Waals surface area contributed by atoms with Crippen molar-refractivity contribution >= 4 is 80.8 Å². The molecule has 1 N–H and O–H groups in total. The number of carbonyl (C=O) groups is 2. The molecule has 0 radical (unpaired) electrons. The van der Waals surface area contributed by atoms with E-state index in [1.165, 1.54) is 16.7 Å². The van der Waals surface area contributed by atoms with Crippen molar-refractivity contribution in [1.82, 2.24) is 0 Å². The third-order valence-corrected chi connectivity index (χ3v) is 6.75. The van der Waals surface area contributed by atoms with Gasteiger partial charge in [0.2, 0.25) is 0 Å². The monoisotopic (exact) mass is 558 g/mol. The second-order valence-electron chi connectivity index (χ2n) is 7.46. The molecule has 1 aliphatic heterocycles. The molecule has 1 fully saturated rings. The first kappa shape index (κ1) is 26.0. The molecule has 2 amide bonds. The van der Waals surface area contributed by atoms with Crippen LogP contribution in [0.25, 0.3) is 6.08 Å². The van der Waals surface area contributed by atoms with Crippen molar-refractivity contribution in [3.8, 4) is 11.5 Å². The quantitative estimate of drug-likeness (QED) is 0.242. The summed E-state index contributed by atoms with van der Waals surface area (Å²) in [7, 11) is 0. The number of ether oxygens (including phenoxy) is 2. The molecule has 0 bridgehead atoms. The van der Waals surface area contributed by atoms with Gasteiger partial charge in [-0.05, 0) is 67.1 Å². The summed E-state index contributed by atoms with van der Waals surface area (Å²) in [5.74, 6) is 0.0125. The second kappa shape index (κ2) is 11.8. The minimum absolute atomic E-state index is 0.243. The van der Waals surface area contributed by atoms with Gasteiger partial charge in [0.15, 0.2) is 22.4 Å². The van der Waals surface area contributed by atoms with Gasteiger partial charge in [0.25, 0.3) is 11.8 Å². The van der Waals surface area contributed by atoms with E-state index >= 15 is 0 Å². The predicted molar refractivity (Wildman–Crippen MR) is 150 cm³/mol. The number of hydrogen-bond donors (Lipinski definition) is 1. The molecular weight excluding hydrogens is 539 g/mol. The van der Waals surface area contributed by atoms with E-state index in [1.54, 1.807) is 54.6 Å². The fraction of sp³-hybridized carbons (Fsp3) is 0.115. The van der Waals surface area contributed by atoms with Gasteiger partial charge in [0.1, 0.15) is 0 Å². The average Bonchev–Trinajstić information content (AvgIpc) is 3.12. The van der Waals surface area contributed by atoms with Crippen LogP contribution in [0.4, 0.5) is 11.4 Å². The van der Waals surface area contributed by atoms with Crippen LogP contribution in [0, 0.1) is 0 Å². The SMILES string of the molecule is CCOc1cc(/C=C2\SC(=S)N(c3ccc(Cl)cc3)C2=O)cc(Cl)c1OCC(=O)Nc1ccccc1. The molecule has 1 saturated heterocycles. The highest BCUT2D eigenvalue weighted by Gasteiger charge is 2.33. The molecule has 6 nitrogen and oxygen atoms in total. The first-order valence-electron chi connectivity index (χ1n) is 10.8. The number of anilines is 2. The van der Waals surface area contributed by atoms with Crippen LogP contribution in [0.5, 0.6) is 11.5 Å². The van der Waals surface area contributed by atoms with Crippen LogP contribution in [0.3, 0.4) is 0 Å². The highest BCUT2D eigenvalue weighted by Crippen LogP contribution is 2.40. The summed E-state index contributed by atoms with van der Waals surface area (Å²) < 4.78 is 11.8. The number of para-hydroxylation sites is 1. The number of thioether (sulfide) groups is 1. The number of rotatable bonds is 8. The number of benzene rings is 3. The number of thiocarbonyl (C=S) groups is 1.